The summed E-state index contributed by atoms with van der Waals surface area (Å²) in [5.41, 5.74) is 5.22. The van der Waals surface area contributed by atoms with Crippen LogP contribution >= 0.6 is 0 Å². The van der Waals surface area contributed by atoms with Gasteiger partial charge in [-0.3, -0.25) is 0 Å². The Kier molecular flexibility index (Phi) is 3.85. The molecule has 0 saturated carbocycles. The van der Waals surface area contributed by atoms with Crippen molar-refractivity contribution in [2.45, 2.75) is 25.9 Å². The molecule has 0 unspecified atom stereocenters. The fraction of sp³-hybridized carbons (Fsp3) is 0.600. The first kappa shape index (κ1) is 11.7. The number of nitrogens with zero attached hydrogens (tertiary/aromatic N) is 2. The van der Waals surface area contributed by atoms with Gasteiger partial charge in [0.15, 0.2) is 0 Å². The Morgan fingerprint density at radius 1 is 1.33 bits per heavy atom. The van der Waals surface area contributed by atoms with Gasteiger partial charge in [-0.1, -0.05) is 0 Å². The molecular formula is C10H17N3O2. The lowest BCUT2D eigenvalue weighted by atomic mass is 10.1. The highest BCUT2D eigenvalue weighted by Gasteiger charge is 2.16. The van der Waals surface area contributed by atoms with E-state index in [0.717, 1.165) is 6.42 Å². The molecule has 0 saturated heterocycles. The van der Waals surface area contributed by atoms with Crippen LogP contribution in [-0.2, 0) is 4.74 Å². The molecule has 5 heteroatoms. The van der Waals surface area contributed by atoms with E-state index in [1.807, 2.05) is 13.8 Å². The quantitative estimate of drug-likeness (QED) is 0.793. The molecule has 5 nitrogen and oxygen atoms in total. The van der Waals surface area contributed by atoms with Crippen molar-refractivity contribution >= 4 is 5.82 Å². The van der Waals surface area contributed by atoms with Crippen molar-refractivity contribution in [1.29, 1.82) is 0 Å². The van der Waals surface area contributed by atoms with Crippen molar-refractivity contribution in [1.82, 2.24) is 10.2 Å². The van der Waals surface area contributed by atoms with E-state index in [-0.39, 0.29) is 5.60 Å². The number of methoxy groups -OCH3 is 1. The maximum atomic E-state index is 5.40. The first-order valence-corrected chi connectivity index (χ1v) is 4.81. The third kappa shape index (κ3) is 4.12. The normalized spacial score (nSPS) is 11.4. The van der Waals surface area contributed by atoms with Crippen LogP contribution in [-0.4, -0.2) is 29.5 Å². The van der Waals surface area contributed by atoms with Crippen molar-refractivity contribution in [3.8, 4) is 5.88 Å². The molecule has 15 heavy (non-hydrogen) atoms. The molecule has 0 bridgehead atoms. The summed E-state index contributed by atoms with van der Waals surface area (Å²) < 4.78 is 10.6. The molecule has 0 aliphatic rings. The van der Waals surface area contributed by atoms with Crippen LogP contribution < -0.4 is 10.5 Å². The van der Waals surface area contributed by atoms with Crippen LogP contribution in [0.25, 0.3) is 0 Å². The van der Waals surface area contributed by atoms with Crippen LogP contribution in [0.4, 0.5) is 5.82 Å². The summed E-state index contributed by atoms with van der Waals surface area (Å²) in [7, 11) is 1.68. The summed E-state index contributed by atoms with van der Waals surface area (Å²) in [6, 6.07) is 3.35. The lowest BCUT2D eigenvalue weighted by Crippen LogP contribution is -2.25. The smallest absolute Gasteiger partial charge is 0.233 e. The van der Waals surface area contributed by atoms with Crippen LogP contribution in [0.5, 0.6) is 5.88 Å². The average Bonchev–Trinajstić information content (AvgIpc) is 2.21. The molecule has 0 spiro atoms. The van der Waals surface area contributed by atoms with Crippen molar-refractivity contribution < 1.29 is 9.47 Å². The highest BCUT2D eigenvalue weighted by Crippen LogP contribution is 2.14. The Hall–Kier alpha value is -1.36. The third-order valence-electron chi connectivity index (χ3n) is 2.17. The van der Waals surface area contributed by atoms with Gasteiger partial charge < -0.3 is 15.2 Å². The molecule has 1 aromatic heterocycles. The number of ether oxygens (including phenoxy) is 2. The Morgan fingerprint density at radius 2 is 2.07 bits per heavy atom. The number of aromatic nitrogens is 2. The summed E-state index contributed by atoms with van der Waals surface area (Å²) in [5.74, 6) is 0.871. The molecule has 0 aliphatic carbocycles. The lowest BCUT2D eigenvalue weighted by Gasteiger charge is -2.22. The first-order valence-electron chi connectivity index (χ1n) is 4.81. The van der Waals surface area contributed by atoms with Crippen LogP contribution in [0.15, 0.2) is 12.1 Å². The fourth-order valence-electron chi connectivity index (χ4n) is 0.911. The Morgan fingerprint density at radius 3 is 2.60 bits per heavy atom. The van der Waals surface area contributed by atoms with Gasteiger partial charge in [-0.25, -0.2) is 0 Å². The molecule has 0 aliphatic heterocycles. The van der Waals surface area contributed by atoms with E-state index < -0.39 is 0 Å². The summed E-state index contributed by atoms with van der Waals surface area (Å²) in [6.45, 7) is 4.55. The monoisotopic (exact) mass is 211 g/mol. The molecule has 2 N–H and O–H groups in total. The summed E-state index contributed by atoms with van der Waals surface area (Å²) in [6.07, 6.45) is 0.787. The maximum Gasteiger partial charge on any atom is 0.233 e. The number of nitrogens with two attached hydrogens (primary N) is 1. The fourth-order valence-corrected chi connectivity index (χ4v) is 0.911. The molecular weight excluding hydrogens is 194 g/mol. The molecule has 0 amide bonds. The highest BCUT2D eigenvalue weighted by atomic mass is 16.5. The Balaban J connectivity index is 2.35. The van der Waals surface area contributed by atoms with Crippen molar-refractivity contribution in [2.75, 3.05) is 19.5 Å². The molecule has 1 aromatic rings. The first-order chi connectivity index (χ1) is 7.03. The maximum absolute atomic E-state index is 5.40. The zero-order valence-electron chi connectivity index (χ0n) is 9.36. The zero-order valence-corrected chi connectivity index (χ0v) is 9.36. The lowest BCUT2D eigenvalue weighted by molar-refractivity contribution is 0.00501. The molecule has 0 aromatic carbocycles. The topological polar surface area (TPSA) is 70.3 Å². The summed E-state index contributed by atoms with van der Waals surface area (Å²) >= 11 is 0. The van der Waals surface area contributed by atoms with E-state index in [2.05, 4.69) is 10.2 Å². The van der Waals surface area contributed by atoms with Gasteiger partial charge in [0.2, 0.25) is 5.88 Å². The van der Waals surface area contributed by atoms with E-state index in [1.165, 1.54) is 0 Å². The number of anilines is 1. The third-order valence-corrected chi connectivity index (χ3v) is 2.17. The highest BCUT2D eigenvalue weighted by molar-refractivity contribution is 5.27. The van der Waals surface area contributed by atoms with E-state index in [9.17, 15) is 0 Å². The van der Waals surface area contributed by atoms with Gasteiger partial charge in [0.05, 0.1) is 12.2 Å². The Bertz CT molecular complexity index is 298. The van der Waals surface area contributed by atoms with Gasteiger partial charge in [-0.15, -0.1) is 10.2 Å². The molecule has 1 heterocycles. The predicted molar refractivity (Wildman–Crippen MR) is 57.6 cm³/mol. The van der Waals surface area contributed by atoms with Crippen LogP contribution in [0.3, 0.4) is 0 Å². The van der Waals surface area contributed by atoms with Crippen molar-refractivity contribution in [3.05, 3.63) is 12.1 Å². The second-order valence-corrected chi connectivity index (χ2v) is 3.86. The second kappa shape index (κ2) is 4.93. The van der Waals surface area contributed by atoms with Gasteiger partial charge in [-0.2, -0.15) is 0 Å². The second-order valence-electron chi connectivity index (χ2n) is 3.86. The van der Waals surface area contributed by atoms with Gasteiger partial charge in [0.25, 0.3) is 0 Å². The minimum absolute atomic E-state index is 0.179. The summed E-state index contributed by atoms with van der Waals surface area (Å²) in [4.78, 5) is 0. The van der Waals surface area contributed by atoms with Crippen LogP contribution in [0.2, 0.25) is 0 Å². The summed E-state index contributed by atoms with van der Waals surface area (Å²) in [5, 5.41) is 7.47. The zero-order chi connectivity index (χ0) is 11.3. The van der Waals surface area contributed by atoms with Crippen molar-refractivity contribution in [2.24, 2.45) is 0 Å². The van der Waals surface area contributed by atoms with E-state index in [0.29, 0.717) is 18.3 Å². The molecule has 1 rings (SSSR count). The number of rotatable bonds is 5. The van der Waals surface area contributed by atoms with E-state index in [4.69, 9.17) is 15.2 Å². The minimum atomic E-state index is -0.179. The Labute approximate surface area is 89.6 Å². The number of hydrogen-bond acceptors (Lipinski definition) is 5. The molecule has 0 radical (unpaired) electrons. The van der Waals surface area contributed by atoms with E-state index >= 15 is 0 Å². The molecule has 0 atom stereocenters. The van der Waals surface area contributed by atoms with Crippen molar-refractivity contribution in [3.63, 3.8) is 0 Å². The van der Waals surface area contributed by atoms with Gasteiger partial charge >= 0.3 is 0 Å². The van der Waals surface area contributed by atoms with Gasteiger partial charge in [0, 0.05) is 19.6 Å². The van der Waals surface area contributed by atoms with E-state index in [1.54, 1.807) is 19.2 Å². The largest absolute Gasteiger partial charge is 0.476 e. The minimum Gasteiger partial charge on any atom is -0.476 e. The van der Waals surface area contributed by atoms with Gasteiger partial charge in [-0.05, 0) is 19.9 Å². The number of hydrogen-bond donors (Lipinski definition) is 1. The van der Waals surface area contributed by atoms with Crippen LogP contribution in [0, 0.1) is 0 Å². The predicted octanol–water partition coefficient (Wildman–Crippen LogP) is 1.25. The average molecular weight is 211 g/mol. The standard InChI is InChI=1S/C10H17N3O2/c1-10(2,14-3)6-7-15-9-5-4-8(11)12-13-9/h4-5H,6-7H2,1-3H3,(H2,11,12). The number of nitrogen functional groups attached to an aromatic ring is 1. The van der Waals surface area contributed by atoms with Gasteiger partial charge in [0.1, 0.15) is 5.82 Å². The SMILES string of the molecule is COC(C)(C)CCOc1ccc(N)nn1. The molecule has 84 valence electrons. The molecule has 0 fully saturated rings. The van der Waals surface area contributed by atoms with Crippen LogP contribution in [0.1, 0.15) is 20.3 Å².